The first kappa shape index (κ1) is 18.6. The Morgan fingerprint density at radius 2 is 2.12 bits per heavy atom. The lowest BCUT2D eigenvalue weighted by molar-refractivity contribution is -0.118. The summed E-state index contributed by atoms with van der Waals surface area (Å²) in [4.78, 5) is 19.2. The predicted octanol–water partition coefficient (Wildman–Crippen LogP) is 2.20. The van der Waals surface area contributed by atoms with Gasteiger partial charge in [0.1, 0.15) is 0 Å². The van der Waals surface area contributed by atoms with Gasteiger partial charge in [-0.25, -0.2) is 0 Å². The SMILES string of the molecule is CCNC(=NCCNC(C)=O)N1CCC(CSc2ccccc2)C1. The van der Waals surface area contributed by atoms with Gasteiger partial charge in [0, 0.05) is 43.8 Å². The summed E-state index contributed by atoms with van der Waals surface area (Å²) in [5, 5.41) is 6.15. The van der Waals surface area contributed by atoms with Gasteiger partial charge < -0.3 is 15.5 Å². The second kappa shape index (κ2) is 10.2. The van der Waals surface area contributed by atoms with Gasteiger partial charge in [-0.2, -0.15) is 0 Å². The largest absolute Gasteiger partial charge is 0.357 e. The zero-order valence-corrected chi connectivity index (χ0v) is 15.4. The minimum absolute atomic E-state index is 0.00521. The van der Waals surface area contributed by atoms with Crippen LogP contribution >= 0.6 is 11.8 Å². The van der Waals surface area contributed by atoms with Gasteiger partial charge >= 0.3 is 0 Å². The molecule has 1 unspecified atom stereocenters. The standard InChI is InChI=1S/C18H28N4OS/c1-3-19-18(21-11-10-20-15(2)23)22-12-9-16(13-22)14-24-17-7-5-4-6-8-17/h4-8,16H,3,9-14H2,1-2H3,(H,19,21)(H,20,23). The van der Waals surface area contributed by atoms with Gasteiger partial charge in [0.25, 0.3) is 0 Å². The van der Waals surface area contributed by atoms with Crippen LogP contribution in [0.3, 0.4) is 0 Å². The Kier molecular flexibility index (Phi) is 7.95. The Morgan fingerprint density at radius 1 is 1.33 bits per heavy atom. The highest BCUT2D eigenvalue weighted by molar-refractivity contribution is 7.99. The fourth-order valence-electron chi connectivity index (χ4n) is 2.71. The Morgan fingerprint density at radius 3 is 2.83 bits per heavy atom. The summed E-state index contributed by atoms with van der Waals surface area (Å²) in [7, 11) is 0. The molecule has 0 aromatic heterocycles. The van der Waals surface area contributed by atoms with Crippen molar-refractivity contribution in [1.29, 1.82) is 0 Å². The van der Waals surface area contributed by atoms with E-state index in [9.17, 15) is 4.79 Å². The molecule has 0 aliphatic carbocycles. The quantitative estimate of drug-likeness (QED) is 0.343. The van der Waals surface area contributed by atoms with Crippen LogP contribution in [0.1, 0.15) is 20.3 Å². The van der Waals surface area contributed by atoms with E-state index in [1.165, 1.54) is 18.2 Å². The maximum absolute atomic E-state index is 10.9. The number of nitrogens with zero attached hydrogens (tertiary/aromatic N) is 2. The number of benzene rings is 1. The molecule has 5 nitrogen and oxygen atoms in total. The normalized spacial score (nSPS) is 17.8. The van der Waals surface area contributed by atoms with Crippen molar-refractivity contribution in [1.82, 2.24) is 15.5 Å². The lowest BCUT2D eigenvalue weighted by Crippen LogP contribution is -2.40. The van der Waals surface area contributed by atoms with Crippen molar-refractivity contribution < 1.29 is 4.79 Å². The van der Waals surface area contributed by atoms with E-state index >= 15 is 0 Å². The summed E-state index contributed by atoms with van der Waals surface area (Å²) in [5.41, 5.74) is 0. The van der Waals surface area contributed by atoms with Crippen LogP contribution in [0.5, 0.6) is 0 Å². The van der Waals surface area contributed by atoms with Crippen LogP contribution < -0.4 is 10.6 Å². The number of guanidine groups is 1. The van der Waals surface area contributed by atoms with Crippen molar-refractivity contribution in [3.8, 4) is 0 Å². The molecule has 132 valence electrons. The number of carbonyl (C=O) groups excluding carboxylic acids is 1. The van der Waals surface area contributed by atoms with Crippen molar-refractivity contribution in [2.45, 2.75) is 25.2 Å². The molecule has 1 aromatic rings. The summed E-state index contributed by atoms with van der Waals surface area (Å²) in [6.07, 6.45) is 1.20. The first-order valence-corrected chi connectivity index (χ1v) is 9.63. The highest BCUT2D eigenvalue weighted by Gasteiger charge is 2.24. The molecular weight excluding hydrogens is 320 g/mol. The highest BCUT2D eigenvalue weighted by atomic mass is 32.2. The van der Waals surface area contributed by atoms with Crippen LogP contribution in [0.15, 0.2) is 40.2 Å². The molecule has 24 heavy (non-hydrogen) atoms. The average molecular weight is 349 g/mol. The Bertz CT molecular complexity index is 535. The zero-order valence-electron chi connectivity index (χ0n) is 14.6. The van der Waals surface area contributed by atoms with Crippen molar-refractivity contribution in [2.75, 3.05) is 38.5 Å². The molecule has 1 aliphatic heterocycles. The molecule has 0 bridgehead atoms. The van der Waals surface area contributed by atoms with Crippen LogP contribution in [0, 0.1) is 5.92 Å². The first-order valence-electron chi connectivity index (χ1n) is 8.64. The van der Waals surface area contributed by atoms with E-state index < -0.39 is 0 Å². The van der Waals surface area contributed by atoms with Crippen molar-refractivity contribution in [3.63, 3.8) is 0 Å². The number of thioether (sulfide) groups is 1. The third-order valence-corrected chi connectivity index (χ3v) is 5.14. The first-order chi connectivity index (χ1) is 11.7. The van der Waals surface area contributed by atoms with Gasteiger partial charge in [-0.3, -0.25) is 9.79 Å². The van der Waals surface area contributed by atoms with Crippen LogP contribution in [0.4, 0.5) is 0 Å². The second-order valence-electron chi connectivity index (χ2n) is 5.94. The highest BCUT2D eigenvalue weighted by Crippen LogP contribution is 2.25. The van der Waals surface area contributed by atoms with E-state index in [1.54, 1.807) is 0 Å². The third kappa shape index (κ3) is 6.43. The number of hydrogen-bond acceptors (Lipinski definition) is 3. The average Bonchev–Trinajstić information content (AvgIpc) is 3.05. The molecule has 1 amide bonds. The van der Waals surface area contributed by atoms with Crippen molar-refractivity contribution in [2.24, 2.45) is 10.9 Å². The summed E-state index contributed by atoms with van der Waals surface area (Å²) < 4.78 is 0. The molecule has 1 aromatic carbocycles. The summed E-state index contributed by atoms with van der Waals surface area (Å²) in [6.45, 7) is 7.77. The zero-order chi connectivity index (χ0) is 17.2. The van der Waals surface area contributed by atoms with E-state index in [0.717, 1.165) is 31.3 Å². The summed E-state index contributed by atoms with van der Waals surface area (Å²) in [6, 6.07) is 10.6. The number of likely N-dealkylation sites (tertiary alicyclic amines) is 1. The number of aliphatic imine (C=N–C) groups is 1. The van der Waals surface area contributed by atoms with Gasteiger partial charge in [0.2, 0.25) is 5.91 Å². The van der Waals surface area contributed by atoms with E-state index in [1.807, 2.05) is 11.8 Å². The maximum Gasteiger partial charge on any atom is 0.216 e. The molecule has 1 aliphatic rings. The molecular formula is C18H28N4OS. The molecule has 1 atom stereocenters. The molecule has 0 saturated carbocycles. The number of nitrogens with one attached hydrogen (secondary N) is 2. The fraction of sp³-hybridized carbons (Fsp3) is 0.556. The summed E-state index contributed by atoms with van der Waals surface area (Å²) in [5.74, 6) is 2.80. The number of hydrogen-bond donors (Lipinski definition) is 2. The maximum atomic E-state index is 10.9. The minimum Gasteiger partial charge on any atom is -0.357 e. The van der Waals surface area contributed by atoms with Gasteiger partial charge in [-0.1, -0.05) is 18.2 Å². The molecule has 6 heteroatoms. The van der Waals surface area contributed by atoms with Crippen molar-refractivity contribution >= 4 is 23.6 Å². The molecule has 2 N–H and O–H groups in total. The van der Waals surface area contributed by atoms with Crippen LogP contribution in [-0.2, 0) is 4.79 Å². The molecule has 1 fully saturated rings. The lowest BCUT2D eigenvalue weighted by atomic mass is 10.2. The topological polar surface area (TPSA) is 56.7 Å². The summed E-state index contributed by atoms with van der Waals surface area (Å²) >= 11 is 1.94. The Hall–Kier alpha value is -1.69. The molecule has 1 heterocycles. The van der Waals surface area contributed by atoms with E-state index in [0.29, 0.717) is 19.0 Å². The van der Waals surface area contributed by atoms with Gasteiger partial charge in [-0.05, 0) is 31.4 Å². The molecule has 0 spiro atoms. The van der Waals surface area contributed by atoms with Gasteiger partial charge in [-0.15, -0.1) is 11.8 Å². The molecule has 0 radical (unpaired) electrons. The lowest BCUT2D eigenvalue weighted by Gasteiger charge is -2.21. The number of carbonyl (C=O) groups is 1. The fourth-order valence-corrected chi connectivity index (χ4v) is 3.76. The minimum atomic E-state index is -0.00521. The van der Waals surface area contributed by atoms with E-state index in [4.69, 9.17) is 0 Å². The van der Waals surface area contributed by atoms with E-state index in [2.05, 4.69) is 57.8 Å². The number of rotatable bonds is 7. The Labute approximate surface area is 149 Å². The Balaban J connectivity index is 1.79. The van der Waals surface area contributed by atoms with Crippen molar-refractivity contribution in [3.05, 3.63) is 30.3 Å². The third-order valence-electron chi connectivity index (χ3n) is 3.90. The van der Waals surface area contributed by atoms with Gasteiger partial charge in [0.05, 0.1) is 6.54 Å². The second-order valence-corrected chi connectivity index (χ2v) is 7.04. The smallest absolute Gasteiger partial charge is 0.216 e. The monoisotopic (exact) mass is 348 g/mol. The van der Waals surface area contributed by atoms with Gasteiger partial charge in [0.15, 0.2) is 5.96 Å². The van der Waals surface area contributed by atoms with Crippen LogP contribution in [0.25, 0.3) is 0 Å². The number of amides is 1. The van der Waals surface area contributed by atoms with Crippen LogP contribution in [0.2, 0.25) is 0 Å². The molecule has 1 saturated heterocycles. The predicted molar refractivity (Wildman–Crippen MR) is 102 cm³/mol. The van der Waals surface area contributed by atoms with Crippen LogP contribution in [-0.4, -0.2) is 55.2 Å². The van der Waals surface area contributed by atoms with E-state index in [-0.39, 0.29) is 5.91 Å². The molecule has 2 rings (SSSR count).